The van der Waals surface area contributed by atoms with Crippen molar-refractivity contribution in [3.63, 3.8) is 0 Å². The highest BCUT2D eigenvalue weighted by Crippen LogP contribution is 2.24. The van der Waals surface area contributed by atoms with Gasteiger partial charge in [0, 0.05) is 30.0 Å². The molecule has 0 atom stereocenters. The summed E-state index contributed by atoms with van der Waals surface area (Å²) in [6.07, 6.45) is 0. The number of nitrogens with two attached hydrogens (primary N) is 1. The first-order chi connectivity index (χ1) is 9.93. The molecule has 112 valence electrons. The first kappa shape index (κ1) is 15.4. The van der Waals surface area contributed by atoms with E-state index in [1.165, 1.54) is 17.0 Å². The maximum Gasteiger partial charge on any atom is 0.248 e. The van der Waals surface area contributed by atoms with Crippen molar-refractivity contribution in [3.8, 4) is 0 Å². The van der Waals surface area contributed by atoms with Gasteiger partial charge in [0.25, 0.3) is 0 Å². The van der Waals surface area contributed by atoms with Crippen molar-refractivity contribution < 1.29 is 4.79 Å². The molecular weight excluding hydrogens is 286 g/mol. The van der Waals surface area contributed by atoms with Crippen LogP contribution in [0.2, 0.25) is 5.02 Å². The largest absolute Gasteiger partial charge is 0.380 e. The second-order valence-electron chi connectivity index (χ2n) is 5.05. The minimum Gasteiger partial charge on any atom is -0.380 e. The molecule has 0 fully saturated rings. The zero-order valence-electron chi connectivity index (χ0n) is 12.5. The molecule has 0 spiro atoms. The summed E-state index contributed by atoms with van der Waals surface area (Å²) < 4.78 is 2.26. The van der Waals surface area contributed by atoms with Crippen LogP contribution in [0, 0.1) is 13.8 Å². The highest BCUT2D eigenvalue weighted by molar-refractivity contribution is 6.33. The number of nitrogens with zero attached hydrogens (tertiary/aromatic N) is 1. The monoisotopic (exact) mass is 305 g/mol. The standard InChI is InChI=1S/C16H20ClN3O/c1-4-20-10(2)7-13(11(20)3)9-19-15-8-12(16(18)21)5-6-14(15)17/h5-8,19H,4,9H2,1-3H3,(H2,18,21). The van der Waals surface area contributed by atoms with Gasteiger partial charge in [0.2, 0.25) is 5.91 Å². The van der Waals surface area contributed by atoms with Gasteiger partial charge in [-0.1, -0.05) is 11.6 Å². The maximum atomic E-state index is 11.2. The van der Waals surface area contributed by atoms with Crippen molar-refractivity contribution in [2.75, 3.05) is 5.32 Å². The number of nitrogens with one attached hydrogen (secondary N) is 1. The molecule has 0 aliphatic heterocycles. The molecule has 0 bridgehead atoms. The molecule has 1 aromatic carbocycles. The molecule has 3 N–H and O–H groups in total. The van der Waals surface area contributed by atoms with E-state index in [-0.39, 0.29) is 0 Å². The third kappa shape index (κ3) is 3.22. The Bertz CT molecular complexity index is 676. The van der Waals surface area contributed by atoms with E-state index >= 15 is 0 Å². The van der Waals surface area contributed by atoms with Gasteiger partial charge in [-0.25, -0.2) is 0 Å². The van der Waals surface area contributed by atoms with Crippen molar-refractivity contribution in [1.29, 1.82) is 0 Å². The van der Waals surface area contributed by atoms with E-state index in [1.54, 1.807) is 18.2 Å². The minimum atomic E-state index is -0.459. The van der Waals surface area contributed by atoms with Crippen LogP contribution < -0.4 is 11.1 Å². The third-order valence-electron chi connectivity index (χ3n) is 3.71. The Balaban J connectivity index is 2.20. The lowest BCUT2D eigenvalue weighted by Crippen LogP contribution is -2.11. The van der Waals surface area contributed by atoms with Crippen LogP contribution in [0.1, 0.15) is 34.2 Å². The minimum absolute atomic E-state index is 0.445. The van der Waals surface area contributed by atoms with E-state index in [9.17, 15) is 4.79 Å². The van der Waals surface area contributed by atoms with Crippen molar-refractivity contribution in [1.82, 2.24) is 4.57 Å². The molecule has 0 radical (unpaired) electrons. The Labute approximate surface area is 129 Å². The fraction of sp³-hybridized carbons (Fsp3) is 0.312. The lowest BCUT2D eigenvalue weighted by molar-refractivity contribution is 0.100. The van der Waals surface area contributed by atoms with Gasteiger partial charge in [0.05, 0.1) is 10.7 Å². The SMILES string of the molecule is CCn1c(C)cc(CNc2cc(C(N)=O)ccc2Cl)c1C. The number of benzene rings is 1. The van der Waals surface area contributed by atoms with Crippen LogP contribution in [0.4, 0.5) is 5.69 Å². The van der Waals surface area contributed by atoms with Gasteiger partial charge in [0.1, 0.15) is 0 Å². The predicted octanol–water partition coefficient (Wildman–Crippen LogP) is 3.49. The van der Waals surface area contributed by atoms with E-state index in [0.717, 1.165) is 6.54 Å². The van der Waals surface area contributed by atoms with E-state index in [2.05, 4.69) is 36.7 Å². The molecule has 0 saturated heterocycles. The second kappa shape index (κ2) is 6.22. The van der Waals surface area contributed by atoms with E-state index in [0.29, 0.717) is 22.8 Å². The summed E-state index contributed by atoms with van der Waals surface area (Å²) in [5.74, 6) is -0.459. The van der Waals surface area contributed by atoms with E-state index in [1.807, 2.05) is 0 Å². The lowest BCUT2D eigenvalue weighted by Gasteiger charge is -2.10. The van der Waals surface area contributed by atoms with Crippen LogP contribution in [0.15, 0.2) is 24.3 Å². The summed E-state index contributed by atoms with van der Waals surface area (Å²) in [5.41, 5.74) is 10.2. The molecule has 1 aromatic heterocycles. The zero-order chi connectivity index (χ0) is 15.6. The number of aryl methyl sites for hydroxylation is 1. The number of amides is 1. The van der Waals surface area contributed by atoms with Gasteiger partial charge < -0.3 is 15.6 Å². The van der Waals surface area contributed by atoms with Gasteiger partial charge in [-0.15, -0.1) is 0 Å². The molecular formula is C16H20ClN3O. The number of halogens is 1. The van der Waals surface area contributed by atoms with Crippen LogP contribution in [0.5, 0.6) is 0 Å². The van der Waals surface area contributed by atoms with Gasteiger partial charge in [0.15, 0.2) is 0 Å². The van der Waals surface area contributed by atoms with Crippen molar-refractivity contribution in [2.45, 2.75) is 33.9 Å². The molecule has 0 aliphatic rings. The number of rotatable bonds is 5. The van der Waals surface area contributed by atoms with E-state index < -0.39 is 5.91 Å². The number of carbonyl (C=O) groups excluding carboxylic acids is 1. The zero-order valence-corrected chi connectivity index (χ0v) is 13.3. The molecule has 2 aromatic rings. The highest BCUT2D eigenvalue weighted by atomic mass is 35.5. The summed E-state index contributed by atoms with van der Waals surface area (Å²) >= 11 is 6.15. The molecule has 1 heterocycles. The number of anilines is 1. The predicted molar refractivity (Wildman–Crippen MR) is 86.9 cm³/mol. The topological polar surface area (TPSA) is 60.1 Å². The Kier molecular flexibility index (Phi) is 4.58. The molecule has 0 saturated carbocycles. The fourth-order valence-electron chi connectivity index (χ4n) is 2.54. The Morgan fingerprint density at radius 3 is 2.62 bits per heavy atom. The molecule has 1 amide bonds. The van der Waals surface area contributed by atoms with Crippen LogP contribution >= 0.6 is 11.6 Å². The molecule has 0 aliphatic carbocycles. The van der Waals surface area contributed by atoms with Crippen molar-refractivity contribution >= 4 is 23.2 Å². The number of carbonyl (C=O) groups is 1. The van der Waals surface area contributed by atoms with Crippen LogP contribution in [-0.2, 0) is 13.1 Å². The van der Waals surface area contributed by atoms with Crippen LogP contribution in [0.25, 0.3) is 0 Å². The van der Waals surface area contributed by atoms with Crippen LogP contribution in [-0.4, -0.2) is 10.5 Å². The number of hydrogen-bond acceptors (Lipinski definition) is 2. The van der Waals surface area contributed by atoms with Crippen LogP contribution in [0.3, 0.4) is 0 Å². The molecule has 2 rings (SSSR count). The average Bonchev–Trinajstić information content (AvgIpc) is 2.71. The first-order valence-corrected chi connectivity index (χ1v) is 7.30. The van der Waals surface area contributed by atoms with Crippen molar-refractivity contribution in [2.24, 2.45) is 5.73 Å². The average molecular weight is 306 g/mol. The summed E-state index contributed by atoms with van der Waals surface area (Å²) in [4.78, 5) is 11.2. The molecule has 5 heteroatoms. The number of aromatic nitrogens is 1. The molecule has 21 heavy (non-hydrogen) atoms. The third-order valence-corrected chi connectivity index (χ3v) is 4.04. The highest BCUT2D eigenvalue weighted by Gasteiger charge is 2.09. The molecule has 4 nitrogen and oxygen atoms in total. The van der Waals surface area contributed by atoms with Crippen molar-refractivity contribution in [3.05, 3.63) is 51.8 Å². The Morgan fingerprint density at radius 2 is 2.05 bits per heavy atom. The van der Waals surface area contributed by atoms with Gasteiger partial charge >= 0.3 is 0 Å². The normalized spacial score (nSPS) is 10.7. The first-order valence-electron chi connectivity index (χ1n) is 6.92. The Morgan fingerprint density at radius 1 is 1.33 bits per heavy atom. The number of hydrogen-bond donors (Lipinski definition) is 2. The fourth-order valence-corrected chi connectivity index (χ4v) is 2.73. The van der Waals surface area contributed by atoms with Gasteiger partial charge in [-0.2, -0.15) is 0 Å². The quantitative estimate of drug-likeness (QED) is 0.888. The summed E-state index contributed by atoms with van der Waals surface area (Å²) in [6.45, 7) is 7.94. The van der Waals surface area contributed by atoms with Gasteiger partial charge in [-0.05, 0) is 50.6 Å². The summed E-state index contributed by atoms with van der Waals surface area (Å²) in [6, 6.07) is 7.15. The number of primary amides is 1. The Hall–Kier alpha value is -1.94. The van der Waals surface area contributed by atoms with Gasteiger partial charge in [-0.3, -0.25) is 4.79 Å². The summed E-state index contributed by atoms with van der Waals surface area (Å²) in [7, 11) is 0. The smallest absolute Gasteiger partial charge is 0.248 e. The van der Waals surface area contributed by atoms with E-state index in [4.69, 9.17) is 17.3 Å². The molecule has 0 unspecified atom stereocenters. The lowest BCUT2D eigenvalue weighted by atomic mass is 10.2. The summed E-state index contributed by atoms with van der Waals surface area (Å²) in [5, 5.41) is 3.85. The maximum absolute atomic E-state index is 11.2. The second-order valence-corrected chi connectivity index (χ2v) is 5.46.